The lowest BCUT2D eigenvalue weighted by Crippen LogP contribution is -2.52. The van der Waals surface area contributed by atoms with Crippen LogP contribution in [0.4, 0.5) is 9.59 Å². The van der Waals surface area contributed by atoms with E-state index in [0.29, 0.717) is 73.5 Å². The van der Waals surface area contributed by atoms with Crippen molar-refractivity contribution in [3.63, 3.8) is 0 Å². The van der Waals surface area contributed by atoms with Gasteiger partial charge in [0, 0.05) is 48.7 Å². The van der Waals surface area contributed by atoms with Crippen LogP contribution in [0.15, 0.2) is 48.5 Å². The van der Waals surface area contributed by atoms with Crippen LogP contribution in [0.3, 0.4) is 0 Å². The van der Waals surface area contributed by atoms with Crippen molar-refractivity contribution in [2.75, 3.05) is 46.4 Å². The topological polar surface area (TPSA) is 153 Å². The Morgan fingerprint density at radius 2 is 1.67 bits per heavy atom. The van der Waals surface area contributed by atoms with E-state index in [4.69, 9.17) is 36.5 Å². The van der Waals surface area contributed by atoms with E-state index in [1.165, 1.54) is 7.11 Å². The summed E-state index contributed by atoms with van der Waals surface area (Å²) < 4.78 is 16.0. The van der Waals surface area contributed by atoms with Crippen LogP contribution in [0.25, 0.3) is 10.9 Å². The van der Waals surface area contributed by atoms with E-state index < -0.39 is 24.0 Å². The molecule has 1 unspecified atom stereocenters. The molecule has 240 valence electrons. The number of hydrogen-bond acceptors (Lipinski definition) is 8. The molecule has 0 saturated carbocycles. The molecular formula is C32H38ClN5O7. The van der Waals surface area contributed by atoms with Crippen LogP contribution < -0.4 is 15.8 Å². The SMILES string of the molecule is CCOC(=O)N1CCN(C(=O)C(CCCCNC(=O)OCc2ccccc2Cl)c2nc3ccccc3c(OC)c2C(N)=O)CC1. The second kappa shape index (κ2) is 15.9. The minimum atomic E-state index is -0.827. The van der Waals surface area contributed by atoms with Gasteiger partial charge in [0.05, 0.1) is 30.8 Å². The molecule has 0 bridgehead atoms. The number of para-hydroxylation sites is 1. The van der Waals surface area contributed by atoms with Crippen LogP contribution in [0.1, 0.15) is 53.7 Å². The van der Waals surface area contributed by atoms with Gasteiger partial charge in [-0.3, -0.25) is 14.6 Å². The Hall–Kier alpha value is -4.58. The van der Waals surface area contributed by atoms with Crippen LogP contribution in [-0.2, 0) is 20.9 Å². The summed E-state index contributed by atoms with van der Waals surface area (Å²) in [5.41, 5.74) is 7.41. The Labute approximate surface area is 266 Å². The number of carbonyl (C=O) groups excluding carboxylic acids is 4. The Balaban J connectivity index is 1.49. The molecule has 3 aromatic rings. The number of pyridine rings is 1. The maximum atomic E-state index is 14.1. The van der Waals surface area contributed by atoms with Crippen molar-refractivity contribution in [1.82, 2.24) is 20.1 Å². The molecule has 1 atom stereocenters. The van der Waals surface area contributed by atoms with Crippen molar-refractivity contribution >= 4 is 46.5 Å². The van der Waals surface area contributed by atoms with Crippen molar-refractivity contribution in [1.29, 1.82) is 0 Å². The summed E-state index contributed by atoms with van der Waals surface area (Å²) >= 11 is 6.12. The molecule has 12 nitrogen and oxygen atoms in total. The lowest BCUT2D eigenvalue weighted by atomic mass is 9.90. The maximum absolute atomic E-state index is 14.1. The van der Waals surface area contributed by atoms with E-state index in [1.807, 2.05) is 12.1 Å². The van der Waals surface area contributed by atoms with E-state index in [-0.39, 0.29) is 36.1 Å². The van der Waals surface area contributed by atoms with E-state index in [9.17, 15) is 19.2 Å². The van der Waals surface area contributed by atoms with Gasteiger partial charge in [0.2, 0.25) is 5.91 Å². The Morgan fingerprint density at radius 3 is 2.36 bits per heavy atom. The van der Waals surface area contributed by atoms with Gasteiger partial charge in [0.1, 0.15) is 17.9 Å². The smallest absolute Gasteiger partial charge is 0.409 e. The van der Waals surface area contributed by atoms with E-state index >= 15 is 0 Å². The summed E-state index contributed by atoms with van der Waals surface area (Å²) in [7, 11) is 1.44. The molecule has 1 aliphatic heterocycles. The van der Waals surface area contributed by atoms with Crippen LogP contribution in [0.5, 0.6) is 5.75 Å². The van der Waals surface area contributed by atoms with Gasteiger partial charge in [0.25, 0.3) is 5.91 Å². The fraction of sp³-hybridized carbons (Fsp3) is 0.406. The molecule has 0 spiro atoms. The molecule has 1 aromatic heterocycles. The number of primary amides is 1. The average molecular weight is 640 g/mol. The zero-order valence-electron chi connectivity index (χ0n) is 25.4. The lowest BCUT2D eigenvalue weighted by Gasteiger charge is -2.36. The predicted octanol–water partition coefficient (Wildman–Crippen LogP) is 4.48. The number of halogens is 1. The summed E-state index contributed by atoms with van der Waals surface area (Å²) in [5.74, 6) is -1.56. The molecule has 2 aromatic carbocycles. The predicted molar refractivity (Wildman–Crippen MR) is 168 cm³/mol. The minimum absolute atomic E-state index is 0.0386. The van der Waals surface area contributed by atoms with Gasteiger partial charge in [-0.15, -0.1) is 0 Å². The number of methoxy groups -OCH3 is 1. The number of ether oxygens (including phenoxy) is 3. The summed E-state index contributed by atoms with van der Waals surface area (Å²) in [5, 5.41) is 3.83. The second-order valence-corrected chi connectivity index (χ2v) is 10.8. The molecular weight excluding hydrogens is 602 g/mol. The average Bonchev–Trinajstić information content (AvgIpc) is 3.05. The third kappa shape index (κ3) is 8.33. The first-order chi connectivity index (χ1) is 21.7. The third-order valence-electron chi connectivity index (χ3n) is 7.57. The van der Waals surface area contributed by atoms with Gasteiger partial charge in [-0.2, -0.15) is 0 Å². The van der Waals surface area contributed by atoms with Gasteiger partial charge < -0.3 is 35.1 Å². The molecule has 0 aliphatic carbocycles. The Morgan fingerprint density at radius 1 is 0.978 bits per heavy atom. The number of alkyl carbamates (subject to hydrolysis) is 1. The number of benzene rings is 2. The first kappa shape index (κ1) is 33.3. The van der Waals surface area contributed by atoms with Gasteiger partial charge >= 0.3 is 12.2 Å². The molecule has 2 heterocycles. The Bertz CT molecular complexity index is 1530. The first-order valence-corrected chi connectivity index (χ1v) is 15.2. The highest BCUT2D eigenvalue weighted by Gasteiger charge is 2.34. The fourth-order valence-electron chi connectivity index (χ4n) is 5.30. The fourth-order valence-corrected chi connectivity index (χ4v) is 5.49. The number of aromatic nitrogens is 1. The van der Waals surface area contributed by atoms with E-state index in [0.717, 1.165) is 0 Å². The van der Waals surface area contributed by atoms with Crippen LogP contribution >= 0.6 is 11.6 Å². The number of nitrogens with one attached hydrogen (secondary N) is 1. The maximum Gasteiger partial charge on any atom is 0.409 e. The van der Waals surface area contributed by atoms with E-state index in [2.05, 4.69) is 5.32 Å². The molecule has 1 fully saturated rings. The van der Waals surface area contributed by atoms with Gasteiger partial charge in [-0.05, 0) is 38.0 Å². The normalized spacial score (nSPS) is 13.7. The number of fused-ring (bicyclic) bond motifs is 1. The summed E-state index contributed by atoms with van der Waals surface area (Å²) in [4.78, 5) is 59.3. The van der Waals surface area contributed by atoms with Gasteiger partial charge in [0.15, 0.2) is 0 Å². The number of amides is 4. The zero-order valence-corrected chi connectivity index (χ0v) is 26.2. The van der Waals surface area contributed by atoms with Crippen LogP contribution in [0, 0.1) is 0 Å². The highest BCUT2D eigenvalue weighted by molar-refractivity contribution is 6.31. The van der Waals surface area contributed by atoms with Gasteiger partial charge in [-0.1, -0.05) is 48.4 Å². The minimum Gasteiger partial charge on any atom is -0.495 e. The molecule has 45 heavy (non-hydrogen) atoms. The second-order valence-electron chi connectivity index (χ2n) is 10.4. The summed E-state index contributed by atoms with van der Waals surface area (Å²) in [6.45, 7) is 3.56. The van der Waals surface area contributed by atoms with Crippen molar-refractivity contribution < 1.29 is 33.4 Å². The highest BCUT2D eigenvalue weighted by Crippen LogP contribution is 2.36. The molecule has 3 N–H and O–H groups in total. The first-order valence-electron chi connectivity index (χ1n) is 14.9. The number of piperazine rings is 1. The van der Waals surface area contributed by atoms with E-state index in [1.54, 1.807) is 53.1 Å². The zero-order chi connectivity index (χ0) is 32.3. The van der Waals surface area contributed by atoms with Crippen molar-refractivity contribution in [2.24, 2.45) is 5.73 Å². The third-order valence-corrected chi connectivity index (χ3v) is 7.94. The van der Waals surface area contributed by atoms with Crippen molar-refractivity contribution in [2.45, 2.75) is 38.7 Å². The molecule has 13 heteroatoms. The standard InChI is InChI=1S/C32H38ClN5O7/c1-3-44-32(42)38-18-16-37(17-19-38)30(40)23(12-8-9-15-35-31(41)45-20-21-10-4-6-13-24(21)33)27-26(29(34)39)28(43-2)22-11-5-7-14-25(22)36-27/h4-7,10-11,13-14,23H,3,8-9,12,15-20H2,1-2H3,(H2,34,39)(H,35,41). The molecule has 4 amide bonds. The largest absolute Gasteiger partial charge is 0.495 e. The van der Waals surface area contributed by atoms with Crippen LogP contribution in [-0.4, -0.2) is 85.2 Å². The number of rotatable bonds is 12. The van der Waals surface area contributed by atoms with Crippen LogP contribution in [0.2, 0.25) is 5.02 Å². The molecule has 4 rings (SSSR count). The van der Waals surface area contributed by atoms with Crippen molar-refractivity contribution in [3.8, 4) is 5.75 Å². The molecule has 1 saturated heterocycles. The highest BCUT2D eigenvalue weighted by atomic mass is 35.5. The number of carbonyl (C=O) groups is 4. The number of unbranched alkanes of at least 4 members (excludes halogenated alkanes) is 1. The molecule has 1 aliphatic rings. The number of nitrogens with zero attached hydrogens (tertiary/aromatic N) is 3. The molecule has 0 radical (unpaired) electrons. The quantitative estimate of drug-likeness (QED) is 0.275. The van der Waals surface area contributed by atoms with Crippen molar-refractivity contribution in [3.05, 3.63) is 70.4 Å². The summed E-state index contributed by atoms with van der Waals surface area (Å²) in [6.07, 6.45) is 0.356. The van der Waals surface area contributed by atoms with Gasteiger partial charge in [-0.25, -0.2) is 9.59 Å². The number of nitrogens with two attached hydrogens (primary N) is 1. The lowest BCUT2D eigenvalue weighted by molar-refractivity contribution is -0.134. The monoisotopic (exact) mass is 639 g/mol. The summed E-state index contributed by atoms with van der Waals surface area (Å²) in [6, 6.07) is 14.3. The Kier molecular flexibility index (Phi) is 11.8. The number of hydrogen-bond donors (Lipinski definition) is 2.